The van der Waals surface area contributed by atoms with E-state index in [2.05, 4.69) is 11.0 Å². The van der Waals surface area contributed by atoms with Crippen LogP contribution in [-0.4, -0.2) is 11.0 Å². The lowest BCUT2D eigenvalue weighted by molar-refractivity contribution is 0.00456. The molecule has 1 aromatic rings. The van der Waals surface area contributed by atoms with Crippen molar-refractivity contribution in [2.75, 3.05) is 0 Å². The third kappa shape index (κ3) is 1.52. The molecule has 43 valence electrons. The van der Waals surface area contributed by atoms with E-state index in [0.29, 0.717) is 0 Å². The standard InChI is InChI=1S/C7H5N2/c8-9-6-7-4-2-1-3-5-7/h1-5H. The van der Waals surface area contributed by atoms with Crippen LogP contribution in [0.1, 0.15) is 5.56 Å². The maximum Gasteiger partial charge on any atom is 0.410 e. The molecule has 0 aromatic heterocycles. The third-order valence-corrected chi connectivity index (χ3v) is 0.953. The number of rotatable bonds is 1. The molecule has 0 bridgehead atoms. The number of hydrogen-bond acceptors (Lipinski definition) is 0. The van der Waals surface area contributed by atoms with Crippen LogP contribution in [0.5, 0.6) is 0 Å². The molecule has 2 nitrogen and oxygen atoms in total. The number of benzene rings is 1. The summed E-state index contributed by atoms with van der Waals surface area (Å²) < 4.78 is 0. The Morgan fingerprint density at radius 3 is 2.44 bits per heavy atom. The predicted octanol–water partition coefficient (Wildman–Crippen LogP) is 1.21. The van der Waals surface area contributed by atoms with Gasteiger partial charge in [-0.15, -0.1) is 0 Å². The lowest BCUT2D eigenvalue weighted by Gasteiger charge is -1.78. The van der Waals surface area contributed by atoms with Crippen LogP contribution in [0.4, 0.5) is 0 Å². The average molecular weight is 117 g/mol. The van der Waals surface area contributed by atoms with Crippen molar-refractivity contribution in [3.05, 3.63) is 41.4 Å². The van der Waals surface area contributed by atoms with Crippen molar-refractivity contribution in [3.63, 3.8) is 0 Å². The fraction of sp³-hybridized carbons (Fsp3) is 0. The summed E-state index contributed by atoms with van der Waals surface area (Å²) in [6, 6.07) is 9.21. The Bertz CT molecular complexity index is 222. The van der Waals surface area contributed by atoms with Gasteiger partial charge in [0.05, 0.1) is 5.56 Å². The van der Waals surface area contributed by atoms with Crippen molar-refractivity contribution in [3.8, 4) is 0 Å². The molecular formula is C7H5N2. The maximum absolute atomic E-state index is 8.03. The maximum atomic E-state index is 8.03. The van der Waals surface area contributed by atoms with E-state index in [1.165, 1.54) is 0 Å². The molecule has 0 amide bonds. The van der Waals surface area contributed by atoms with Gasteiger partial charge in [0.25, 0.3) is 0 Å². The minimum absolute atomic E-state index is 0.778. The smallest absolute Gasteiger partial charge is 0.360 e. The predicted molar refractivity (Wildman–Crippen MR) is 34.2 cm³/mol. The zero-order valence-electron chi connectivity index (χ0n) is 4.78. The zero-order valence-corrected chi connectivity index (χ0v) is 4.78. The molecule has 0 fully saturated rings. The van der Waals surface area contributed by atoms with Gasteiger partial charge in [-0.25, -0.2) is 0 Å². The van der Waals surface area contributed by atoms with Crippen molar-refractivity contribution in [2.24, 2.45) is 0 Å². The summed E-state index contributed by atoms with van der Waals surface area (Å²) in [5, 5.41) is 0. The molecular weight excluding hydrogens is 112 g/mol. The molecule has 0 aliphatic rings. The average Bonchev–Trinajstić information content (AvgIpc) is 1.91. The molecule has 1 radical (unpaired) electrons. The van der Waals surface area contributed by atoms with Gasteiger partial charge in [0.15, 0.2) is 0 Å². The first-order chi connectivity index (χ1) is 4.43. The fourth-order valence-corrected chi connectivity index (χ4v) is 0.570. The molecule has 1 aromatic carbocycles. The van der Waals surface area contributed by atoms with Crippen molar-refractivity contribution in [1.82, 2.24) is 0 Å². The highest BCUT2D eigenvalue weighted by atomic mass is 14.8. The van der Waals surface area contributed by atoms with E-state index < -0.39 is 0 Å². The first-order valence-electron chi connectivity index (χ1n) is 2.58. The Morgan fingerprint density at radius 1 is 1.22 bits per heavy atom. The molecule has 0 aliphatic heterocycles. The van der Waals surface area contributed by atoms with Crippen LogP contribution in [0.25, 0.3) is 5.53 Å². The van der Waals surface area contributed by atoms with E-state index in [-0.39, 0.29) is 0 Å². The van der Waals surface area contributed by atoms with Gasteiger partial charge in [-0.2, -0.15) is 4.79 Å². The van der Waals surface area contributed by atoms with Gasteiger partial charge in [0, 0.05) is 0 Å². The topological polar surface area (TPSA) is 36.4 Å². The van der Waals surface area contributed by atoms with Gasteiger partial charge < -0.3 is 5.53 Å². The molecule has 2 heteroatoms. The Labute approximate surface area is 53.4 Å². The Kier molecular flexibility index (Phi) is 1.78. The van der Waals surface area contributed by atoms with Gasteiger partial charge in [0.1, 0.15) is 0 Å². The lowest BCUT2D eigenvalue weighted by atomic mass is 10.2. The monoisotopic (exact) mass is 117 g/mol. The quantitative estimate of drug-likeness (QED) is 0.301. The molecule has 0 atom stereocenters. The number of hydrogen-bond donors (Lipinski definition) is 0. The third-order valence-electron chi connectivity index (χ3n) is 0.953. The van der Waals surface area contributed by atoms with E-state index in [9.17, 15) is 0 Å². The molecule has 1 rings (SSSR count). The summed E-state index contributed by atoms with van der Waals surface area (Å²) in [5.74, 6) is 0. The van der Waals surface area contributed by atoms with Crippen molar-refractivity contribution < 1.29 is 4.79 Å². The summed E-state index contributed by atoms with van der Waals surface area (Å²) in [7, 11) is 0. The SMILES string of the molecule is [N-]=[N+]=[C]c1ccccc1. The summed E-state index contributed by atoms with van der Waals surface area (Å²) in [4.78, 5) is 2.76. The molecule has 0 saturated heterocycles. The summed E-state index contributed by atoms with van der Waals surface area (Å²) in [6.45, 7) is 0. The van der Waals surface area contributed by atoms with Crippen molar-refractivity contribution in [1.29, 1.82) is 0 Å². The Hall–Kier alpha value is -1.40. The van der Waals surface area contributed by atoms with Gasteiger partial charge >= 0.3 is 6.21 Å². The van der Waals surface area contributed by atoms with E-state index in [1.807, 2.05) is 18.2 Å². The minimum Gasteiger partial charge on any atom is -0.360 e. The molecule has 9 heavy (non-hydrogen) atoms. The molecule has 0 unspecified atom stereocenters. The molecule has 0 heterocycles. The zero-order chi connectivity index (χ0) is 6.53. The van der Waals surface area contributed by atoms with Crippen LogP contribution in [0.15, 0.2) is 30.3 Å². The van der Waals surface area contributed by atoms with E-state index in [0.717, 1.165) is 5.56 Å². The second-order valence-electron chi connectivity index (χ2n) is 1.58. The highest BCUT2D eigenvalue weighted by Crippen LogP contribution is 1.91. The molecule has 0 saturated carbocycles. The normalized spacial score (nSPS) is 8.00. The van der Waals surface area contributed by atoms with Gasteiger partial charge in [-0.05, 0) is 12.1 Å². The summed E-state index contributed by atoms with van der Waals surface area (Å²) in [5.41, 5.74) is 8.81. The van der Waals surface area contributed by atoms with Crippen LogP contribution in [-0.2, 0) is 0 Å². The van der Waals surface area contributed by atoms with Gasteiger partial charge in [-0.3, -0.25) is 0 Å². The van der Waals surface area contributed by atoms with Crippen LogP contribution < -0.4 is 0 Å². The minimum atomic E-state index is 0.778. The van der Waals surface area contributed by atoms with E-state index >= 15 is 0 Å². The molecule has 0 spiro atoms. The van der Waals surface area contributed by atoms with Crippen LogP contribution >= 0.6 is 0 Å². The highest BCUT2D eigenvalue weighted by Gasteiger charge is 1.88. The largest absolute Gasteiger partial charge is 0.410 e. The van der Waals surface area contributed by atoms with Crippen LogP contribution in [0.2, 0.25) is 0 Å². The molecule has 0 aliphatic carbocycles. The Balaban J connectivity index is 2.97. The summed E-state index contributed by atoms with van der Waals surface area (Å²) >= 11 is 0. The first-order valence-corrected chi connectivity index (χ1v) is 2.58. The van der Waals surface area contributed by atoms with Crippen LogP contribution in [0, 0.1) is 0 Å². The number of nitrogens with zero attached hydrogens (tertiary/aromatic N) is 2. The highest BCUT2D eigenvalue weighted by molar-refractivity contribution is 5.74. The second kappa shape index (κ2) is 2.80. The van der Waals surface area contributed by atoms with E-state index in [4.69, 9.17) is 5.53 Å². The second-order valence-corrected chi connectivity index (χ2v) is 1.58. The van der Waals surface area contributed by atoms with Crippen LogP contribution in [0.3, 0.4) is 0 Å². The summed E-state index contributed by atoms with van der Waals surface area (Å²) in [6.07, 6.45) is 2.39. The van der Waals surface area contributed by atoms with Crippen molar-refractivity contribution >= 4 is 6.21 Å². The van der Waals surface area contributed by atoms with E-state index in [1.54, 1.807) is 12.1 Å². The lowest BCUT2D eigenvalue weighted by Crippen LogP contribution is -1.77. The molecule has 0 N–H and O–H groups in total. The Morgan fingerprint density at radius 2 is 1.89 bits per heavy atom. The first kappa shape index (κ1) is 5.73. The fourth-order valence-electron chi connectivity index (χ4n) is 0.570. The van der Waals surface area contributed by atoms with Gasteiger partial charge in [-0.1, -0.05) is 18.2 Å². The van der Waals surface area contributed by atoms with Crippen molar-refractivity contribution in [2.45, 2.75) is 0 Å². The van der Waals surface area contributed by atoms with Gasteiger partial charge in [0.2, 0.25) is 0 Å².